The molecule has 126 valence electrons. The molecule has 3 nitrogen and oxygen atoms in total. The van der Waals surface area contributed by atoms with Gasteiger partial charge in [0.1, 0.15) is 0 Å². The van der Waals surface area contributed by atoms with Gasteiger partial charge in [-0.05, 0) is 54.5 Å². The van der Waals surface area contributed by atoms with Crippen molar-refractivity contribution in [2.24, 2.45) is 5.92 Å². The lowest BCUT2D eigenvalue weighted by Gasteiger charge is -2.40. The van der Waals surface area contributed by atoms with Crippen LogP contribution in [0.4, 0.5) is 5.69 Å². The van der Waals surface area contributed by atoms with Crippen molar-refractivity contribution in [3.8, 4) is 0 Å². The first-order valence-electron chi connectivity index (χ1n) is 8.63. The highest BCUT2D eigenvalue weighted by atomic mass is 16.4. The third-order valence-corrected chi connectivity index (χ3v) is 5.36. The van der Waals surface area contributed by atoms with Crippen LogP contribution in [-0.4, -0.2) is 11.1 Å². The summed E-state index contributed by atoms with van der Waals surface area (Å²) in [7, 11) is 0. The molecule has 24 heavy (non-hydrogen) atoms. The van der Waals surface area contributed by atoms with Gasteiger partial charge in [0.05, 0.1) is 11.6 Å². The van der Waals surface area contributed by atoms with E-state index < -0.39 is 5.97 Å². The molecule has 0 saturated carbocycles. The van der Waals surface area contributed by atoms with Crippen LogP contribution in [0.25, 0.3) is 0 Å². The minimum Gasteiger partial charge on any atom is -0.478 e. The van der Waals surface area contributed by atoms with E-state index in [1.807, 2.05) is 12.1 Å². The number of anilines is 1. The predicted octanol–water partition coefficient (Wildman–Crippen LogP) is 5.30. The molecule has 1 heterocycles. The average Bonchev–Trinajstić information content (AvgIpc) is 2.55. The van der Waals surface area contributed by atoms with Gasteiger partial charge in [-0.1, -0.05) is 50.1 Å². The summed E-state index contributed by atoms with van der Waals surface area (Å²) in [5, 5.41) is 12.8. The van der Waals surface area contributed by atoms with Gasteiger partial charge in [-0.3, -0.25) is 0 Å². The largest absolute Gasteiger partial charge is 0.478 e. The van der Waals surface area contributed by atoms with Crippen LogP contribution in [-0.2, 0) is 0 Å². The highest BCUT2D eigenvalue weighted by molar-refractivity contribution is 5.87. The topological polar surface area (TPSA) is 49.3 Å². The van der Waals surface area contributed by atoms with Gasteiger partial charge < -0.3 is 10.4 Å². The van der Waals surface area contributed by atoms with Crippen molar-refractivity contribution < 1.29 is 9.90 Å². The molecule has 3 heteroatoms. The number of hydrogen-bond acceptors (Lipinski definition) is 2. The van der Waals surface area contributed by atoms with Gasteiger partial charge in [-0.25, -0.2) is 4.79 Å². The summed E-state index contributed by atoms with van der Waals surface area (Å²) in [5.41, 5.74) is 6.72. The first-order chi connectivity index (χ1) is 11.4. The smallest absolute Gasteiger partial charge is 0.335 e. The van der Waals surface area contributed by atoms with E-state index in [9.17, 15) is 4.79 Å². The monoisotopic (exact) mass is 323 g/mol. The Morgan fingerprint density at radius 1 is 1.17 bits per heavy atom. The molecule has 0 aromatic heterocycles. The maximum Gasteiger partial charge on any atom is 0.335 e. The Labute approximate surface area is 143 Å². The summed E-state index contributed by atoms with van der Waals surface area (Å²) in [6.07, 6.45) is 1.08. The number of aryl methyl sites for hydroxylation is 2. The average molecular weight is 323 g/mol. The van der Waals surface area contributed by atoms with Gasteiger partial charge in [0.15, 0.2) is 0 Å². The van der Waals surface area contributed by atoms with E-state index in [0.29, 0.717) is 17.4 Å². The quantitative estimate of drug-likeness (QED) is 0.806. The molecule has 0 spiro atoms. The molecule has 2 aromatic carbocycles. The van der Waals surface area contributed by atoms with E-state index in [1.165, 1.54) is 22.4 Å². The van der Waals surface area contributed by atoms with Crippen LogP contribution in [0.1, 0.15) is 64.8 Å². The normalized spacial score (nSPS) is 22.6. The molecule has 1 aliphatic heterocycles. The maximum atomic E-state index is 11.1. The van der Waals surface area contributed by atoms with Gasteiger partial charge in [0.2, 0.25) is 0 Å². The summed E-state index contributed by atoms with van der Waals surface area (Å²) in [6.45, 7) is 8.85. The molecule has 0 aliphatic carbocycles. The lowest BCUT2D eigenvalue weighted by molar-refractivity contribution is 0.0697. The van der Waals surface area contributed by atoms with Crippen LogP contribution < -0.4 is 5.32 Å². The van der Waals surface area contributed by atoms with E-state index in [4.69, 9.17) is 5.11 Å². The number of aromatic carboxylic acids is 1. The maximum absolute atomic E-state index is 11.1. The van der Waals surface area contributed by atoms with E-state index >= 15 is 0 Å². The number of carboxylic acids is 1. The molecule has 1 aliphatic rings. The fourth-order valence-corrected chi connectivity index (χ4v) is 4.09. The van der Waals surface area contributed by atoms with Gasteiger partial charge in [0.25, 0.3) is 0 Å². The van der Waals surface area contributed by atoms with Crippen LogP contribution in [0.5, 0.6) is 0 Å². The fraction of sp³-hybridized carbons (Fsp3) is 0.381. The van der Waals surface area contributed by atoms with Crippen molar-refractivity contribution in [1.82, 2.24) is 0 Å². The minimum absolute atomic E-state index is 0.210. The number of rotatable bonds is 3. The third kappa shape index (κ3) is 2.79. The second-order valence-electron chi connectivity index (χ2n) is 6.96. The Kier molecular flexibility index (Phi) is 4.35. The van der Waals surface area contributed by atoms with Crippen molar-refractivity contribution >= 4 is 11.7 Å². The second-order valence-corrected chi connectivity index (χ2v) is 6.96. The summed E-state index contributed by atoms with van der Waals surface area (Å²) >= 11 is 0. The highest BCUT2D eigenvalue weighted by Crippen LogP contribution is 2.47. The van der Waals surface area contributed by atoms with Gasteiger partial charge >= 0.3 is 5.97 Å². The Bertz CT molecular complexity index is 764. The molecule has 2 aromatic rings. The Morgan fingerprint density at radius 3 is 2.42 bits per heavy atom. The molecule has 0 bridgehead atoms. The number of nitrogens with one attached hydrogen (secondary N) is 1. The van der Waals surface area contributed by atoms with Crippen LogP contribution in [0.15, 0.2) is 36.4 Å². The molecule has 2 N–H and O–H groups in total. The molecule has 0 amide bonds. The first kappa shape index (κ1) is 16.6. The van der Waals surface area contributed by atoms with E-state index in [1.54, 1.807) is 12.1 Å². The second kappa shape index (κ2) is 6.31. The zero-order chi connectivity index (χ0) is 17.4. The third-order valence-electron chi connectivity index (χ3n) is 5.36. The summed E-state index contributed by atoms with van der Waals surface area (Å²) in [5.74, 6) is 0.0682. The lowest BCUT2D eigenvalue weighted by Crippen LogP contribution is -2.31. The van der Waals surface area contributed by atoms with Crippen LogP contribution in [0, 0.1) is 19.8 Å². The van der Waals surface area contributed by atoms with Crippen molar-refractivity contribution in [2.75, 3.05) is 5.32 Å². The predicted molar refractivity (Wildman–Crippen MR) is 97.9 cm³/mol. The Morgan fingerprint density at radius 2 is 1.83 bits per heavy atom. The Hall–Kier alpha value is -2.29. The molecule has 0 saturated heterocycles. The molecule has 0 radical (unpaired) electrons. The molecule has 0 fully saturated rings. The lowest BCUT2D eigenvalue weighted by atomic mass is 9.74. The molecule has 3 rings (SSSR count). The zero-order valence-electron chi connectivity index (χ0n) is 14.8. The Balaban J connectivity index is 2.03. The van der Waals surface area contributed by atoms with Crippen molar-refractivity contribution in [3.63, 3.8) is 0 Å². The van der Waals surface area contributed by atoms with E-state index in [2.05, 4.69) is 45.1 Å². The zero-order valence-corrected chi connectivity index (χ0v) is 14.8. The summed E-state index contributed by atoms with van der Waals surface area (Å²) in [4.78, 5) is 11.1. The van der Waals surface area contributed by atoms with Gasteiger partial charge in [-0.2, -0.15) is 0 Å². The van der Waals surface area contributed by atoms with Gasteiger partial charge in [-0.15, -0.1) is 0 Å². The molecule has 0 unspecified atom stereocenters. The molecular formula is C21H25NO2. The van der Waals surface area contributed by atoms with Crippen LogP contribution >= 0.6 is 0 Å². The summed E-state index contributed by atoms with van der Waals surface area (Å²) in [6, 6.07) is 12.0. The summed E-state index contributed by atoms with van der Waals surface area (Å²) < 4.78 is 0. The van der Waals surface area contributed by atoms with Crippen LogP contribution in [0.2, 0.25) is 0 Å². The highest BCUT2D eigenvalue weighted by Gasteiger charge is 2.34. The van der Waals surface area contributed by atoms with Crippen LogP contribution in [0.3, 0.4) is 0 Å². The first-order valence-corrected chi connectivity index (χ1v) is 8.63. The van der Waals surface area contributed by atoms with Crippen molar-refractivity contribution in [2.45, 2.75) is 46.1 Å². The SMILES string of the molecule is CC[C@H]1[C@@H](C)c2cc(C)cc(C)c2N[C@H]1c1ccc(C(=O)O)cc1. The van der Waals surface area contributed by atoms with E-state index in [0.717, 1.165) is 12.0 Å². The molecular weight excluding hydrogens is 298 g/mol. The number of carboxylic acid groups (broad SMARTS) is 1. The number of hydrogen-bond donors (Lipinski definition) is 2. The molecule has 3 atom stereocenters. The number of fused-ring (bicyclic) bond motifs is 1. The van der Waals surface area contributed by atoms with Crippen molar-refractivity contribution in [1.29, 1.82) is 0 Å². The number of carbonyl (C=O) groups is 1. The van der Waals surface area contributed by atoms with Gasteiger partial charge in [0, 0.05) is 5.69 Å². The van der Waals surface area contributed by atoms with E-state index in [-0.39, 0.29) is 6.04 Å². The standard InChI is InChI=1S/C21H25NO2/c1-5-17-14(4)18-11-12(2)10-13(3)19(18)22-20(17)15-6-8-16(9-7-15)21(23)24/h6-11,14,17,20,22H,5H2,1-4H3,(H,23,24)/t14-,17+,20+/m1/s1. The van der Waals surface area contributed by atoms with Crippen molar-refractivity contribution in [3.05, 3.63) is 64.2 Å². The fourth-order valence-electron chi connectivity index (χ4n) is 4.09. The number of benzene rings is 2. The minimum atomic E-state index is -0.879.